The number of thiazole rings is 1. The van der Waals surface area contributed by atoms with Crippen LogP contribution in [0.4, 0.5) is 8.78 Å². The Bertz CT molecular complexity index is 697. The molecule has 0 radical (unpaired) electrons. The minimum Gasteiger partial charge on any atom is -0.273 e. The Morgan fingerprint density at radius 3 is 2.86 bits per heavy atom. The van der Waals surface area contributed by atoms with Crippen LogP contribution in [0.1, 0.15) is 23.2 Å². The number of nitrogens with one attached hydrogen (secondary N) is 1. The molecule has 2 rings (SSSR count). The number of hydrogen-bond acceptors (Lipinski definition) is 4. The number of halogens is 2. The second-order valence-electron chi connectivity index (χ2n) is 4.39. The standard InChI is InChI=1S/C14H13F2N3OS/c1-8(12-5-10(15)3-4-13(12)16)18-19-14(20)6-11-7-21-9(2)17-11/h3-5,7H,6H2,1-2H3,(H,19,20)/b18-8-. The van der Waals surface area contributed by atoms with Gasteiger partial charge in [0.2, 0.25) is 5.91 Å². The van der Waals surface area contributed by atoms with Gasteiger partial charge >= 0.3 is 0 Å². The van der Waals surface area contributed by atoms with Crippen molar-refractivity contribution in [3.8, 4) is 0 Å². The summed E-state index contributed by atoms with van der Waals surface area (Å²) in [4.78, 5) is 15.8. The lowest BCUT2D eigenvalue weighted by molar-refractivity contribution is -0.120. The highest BCUT2D eigenvalue weighted by Crippen LogP contribution is 2.11. The van der Waals surface area contributed by atoms with Crippen molar-refractivity contribution in [2.24, 2.45) is 5.10 Å². The maximum atomic E-state index is 13.5. The molecular weight excluding hydrogens is 296 g/mol. The lowest BCUT2D eigenvalue weighted by Crippen LogP contribution is -2.21. The first-order valence-corrected chi connectivity index (χ1v) is 7.03. The first kappa shape index (κ1) is 15.2. The molecule has 0 spiro atoms. The van der Waals surface area contributed by atoms with Gasteiger partial charge in [0.1, 0.15) is 11.6 Å². The van der Waals surface area contributed by atoms with Gasteiger partial charge in [-0.1, -0.05) is 0 Å². The lowest BCUT2D eigenvalue weighted by atomic mass is 10.1. The summed E-state index contributed by atoms with van der Waals surface area (Å²) in [7, 11) is 0. The van der Waals surface area contributed by atoms with Crippen LogP contribution in [0.5, 0.6) is 0 Å². The number of nitrogens with zero attached hydrogens (tertiary/aromatic N) is 2. The molecule has 1 amide bonds. The van der Waals surface area contributed by atoms with Crippen molar-refractivity contribution >= 4 is 23.0 Å². The molecule has 0 unspecified atom stereocenters. The smallest absolute Gasteiger partial charge is 0.246 e. The minimum absolute atomic E-state index is 0.0137. The molecule has 7 heteroatoms. The summed E-state index contributed by atoms with van der Waals surface area (Å²) in [5.41, 5.74) is 3.17. The van der Waals surface area contributed by atoms with Crippen molar-refractivity contribution in [3.05, 3.63) is 51.5 Å². The van der Waals surface area contributed by atoms with Crippen molar-refractivity contribution in [2.75, 3.05) is 0 Å². The molecule has 4 nitrogen and oxygen atoms in total. The lowest BCUT2D eigenvalue weighted by Gasteiger charge is -2.04. The SMILES string of the molecule is C/C(=N/NC(=O)Cc1csc(C)n1)c1cc(F)ccc1F. The van der Waals surface area contributed by atoms with Gasteiger partial charge in [0.15, 0.2) is 0 Å². The van der Waals surface area contributed by atoms with Gasteiger partial charge in [0, 0.05) is 10.9 Å². The molecule has 0 fully saturated rings. The highest BCUT2D eigenvalue weighted by molar-refractivity contribution is 7.09. The van der Waals surface area contributed by atoms with E-state index < -0.39 is 11.6 Å². The number of carbonyl (C=O) groups is 1. The average molecular weight is 309 g/mol. The molecule has 110 valence electrons. The fourth-order valence-corrected chi connectivity index (χ4v) is 2.29. The number of amides is 1. The zero-order valence-corrected chi connectivity index (χ0v) is 12.3. The van der Waals surface area contributed by atoms with Crippen LogP contribution in [-0.2, 0) is 11.2 Å². The molecule has 0 saturated carbocycles. The predicted molar refractivity (Wildman–Crippen MR) is 77.3 cm³/mol. The van der Waals surface area contributed by atoms with Crippen LogP contribution in [0.2, 0.25) is 0 Å². The molecule has 0 atom stereocenters. The van der Waals surface area contributed by atoms with Gasteiger partial charge in [0.05, 0.1) is 22.8 Å². The third-order valence-electron chi connectivity index (χ3n) is 2.67. The van der Waals surface area contributed by atoms with Crippen LogP contribution < -0.4 is 5.43 Å². The molecule has 1 aromatic carbocycles. The first-order valence-electron chi connectivity index (χ1n) is 6.15. The van der Waals surface area contributed by atoms with E-state index in [1.54, 1.807) is 5.38 Å². The summed E-state index contributed by atoms with van der Waals surface area (Å²) in [6.45, 7) is 3.34. The summed E-state index contributed by atoms with van der Waals surface area (Å²) in [6.07, 6.45) is 0.0900. The quantitative estimate of drug-likeness (QED) is 0.697. The van der Waals surface area contributed by atoms with E-state index in [1.165, 1.54) is 18.3 Å². The van der Waals surface area contributed by atoms with Crippen molar-refractivity contribution in [1.29, 1.82) is 0 Å². The number of aromatic nitrogens is 1. The molecule has 0 aliphatic heterocycles. The highest BCUT2D eigenvalue weighted by atomic mass is 32.1. The van der Waals surface area contributed by atoms with Crippen LogP contribution in [-0.4, -0.2) is 16.6 Å². The monoisotopic (exact) mass is 309 g/mol. The van der Waals surface area contributed by atoms with Crippen molar-refractivity contribution in [1.82, 2.24) is 10.4 Å². The third-order valence-corrected chi connectivity index (χ3v) is 3.50. The third kappa shape index (κ3) is 4.16. The number of benzene rings is 1. The zero-order chi connectivity index (χ0) is 15.4. The second-order valence-corrected chi connectivity index (χ2v) is 5.45. The Morgan fingerprint density at radius 1 is 1.43 bits per heavy atom. The number of rotatable bonds is 4. The van der Waals surface area contributed by atoms with E-state index in [2.05, 4.69) is 15.5 Å². The Morgan fingerprint density at radius 2 is 2.19 bits per heavy atom. The molecule has 1 aromatic heterocycles. The summed E-state index contributed by atoms with van der Waals surface area (Å²) in [6, 6.07) is 3.07. The fourth-order valence-electron chi connectivity index (χ4n) is 1.67. The van der Waals surface area contributed by atoms with E-state index >= 15 is 0 Å². The number of hydrazone groups is 1. The maximum absolute atomic E-state index is 13.5. The molecular formula is C14H13F2N3OS. The van der Waals surface area contributed by atoms with E-state index in [-0.39, 0.29) is 23.6 Å². The molecule has 21 heavy (non-hydrogen) atoms. The van der Waals surface area contributed by atoms with E-state index in [4.69, 9.17) is 0 Å². The molecule has 0 saturated heterocycles. The molecule has 0 bridgehead atoms. The topological polar surface area (TPSA) is 54.4 Å². The summed E-state index contributed by atoms with van der Waals surface area (Å²) < 4.78 is 26.6. The average Bonchev–Trinajstić information content (AvgIpc) is 2.84. The van der Waals surface area contributed by atoms with Crippen LogP contribution in [0.15, 0.2) is 28.7 Å². The summed E-state index contributed by atoms with van der Waals surface area (Å²) >= 11 is 1.45. The molecule has 1 N–H and O–H groups in total. The van der Waals surface area contributed by atoms with Crippen molar-refractivity contribution in [3.63, 3.8) is 0 Å². The van der Waals surface area contributed by atoms with Crippen molar-refractivity contribution in [2.45, 2.75) is 20.3 Å². The number of hydrogen-bond donors (Lipinski definition) is 1. The van der Waals surface area contributed by atoms with Gasteiger partial charge in [-0.25, -0.2) is 19.2 Å². The highest BCUT2D eigenvalue weighted by Gasteiger charge is 2.09. The summed E-state index contributed by atoms with van der Waals surface area (Å²) in [5, 5.41) is 6.45. The second kappa shape index (κ2) is 6.53. The first-order chi connectivity index (χ1) is 9.95. The van der Waals surface area contributed by atoms with Gasteiger partial charge in [-0.3, -0.25) is 4.79 Å². The van der Waals surface area contributed by atoms with E-state index in [1.807, 2.05) is 6.92 Å². The van der Waals surface area contributed by atoms with Crippen molar-refractivity contribution < 1.29 is 13.6 Å². The molecule has 0 aliphatic rings. The Labute approximate surface area is 124 Å². The minimum atomic E-state index is -0.595. The predicted octanol–water partition coefficient (Wildman–Crippen LogP) is 2.81. The Balaban J connectivity index is 2.02. The van der Waals surface area contributed by atoms with Crippen LogP contribution in [0, 0.1) is 18.6 Å². The van der Waals surface area contributed by atoms with Gasteiger partial charge in [0.25, 0.3) is 0 Å². The normalized spacial score (nSPS) is 11.5. The fraction of sp³-hybridized carbons (Fsp3) is 0.214. The van der Waals surface area contributed by atoms with Gasteiger partial charge in [-0.15, -0.1) is 11.3 Å². The maximum Gasteiger partial charge on any atom is 0.246 e. The Kier molecular flexibility index (Phi) is 4.74. The van der Waals surface area contributed by atoms with Gasteiger partial charge in [-0.05, 0) is 32.0 Å². The molecule has 0 aliphatic carbocycles. The van der Waals surface area contributed by atoms with Crippen LogP contribution >= 0.6 is 11.3 Å². The van der Waals surface area contributed by atoms with Gasteiger partial charge < -0.3 is 0 Å². The molecule has 2 aromatic rings. The van der Waals surface area contributed by atoms with E-state index in [0.29, 0.717) is 5.69 Å². The Hall–Kier alpha value is -2.15. The van der Waals surface area contributed by atoms with E-state index in [9.17, 15) is 13.6 Å². The number of aryl methyl sites for hydroxylation is 1. The molecule has 1 heterocycles. The van der Waals surface area contributed by atoms with Crippen LogP contribution in [0.25, 0.3) is 0 Å². The number of carbonyl (C=O) groups excluding carboxylic acids is 1. The van der Waals surface area contributed by atoms with E-state index in [0.717, 1.165) is 23.2 Å². The summed E-state index contributed by atoms with van der Waals surface area (Å²) in [5.74, 6) is -1.52. The van der Waals surface area contributed by atoms with Gasteiger partial charge in [-0.2, -0.15) is 5.10 Å². The van der Waals surface area contributed by atoms with Crippen LogP contribution in [0.3, 0.4) is 0 Å². The zero-order valence-electron chi connectivity index (χ0n) is 11.5. The largest absolute Gasteiger partial charge is 0.273 e.